The van der Waals surface area contributed by atoms with Crippen molar-refractivity contribution in [1.82, 2.24) is 21.3 Å². The van der Waals surface area contributed by atoms with Crippen LogP contribution in [0.25, 0.3) is 0 Å². The van der Waals surface area contributed by atoms with Crippen LogP contribution in [0, 0.1) is 17.8 Å². The Hall–Kier alpha value is -3.22. The van der Waals surface area contributed by atoms with Gasteiger partial charge in [-0.3, -0.25) is 24.0 Å². The Morgan fingerprint density at radius 3 is 1.08 bits per heavy atom. The number of nitrogens with zero attached hydrogens (tertiary/aromatic N) is 1. The van der Waals surface area contributed by atoms with E-state index in [1.165, 1.54) is 116 Å². The Kier molecular flexibility index (Phi) is 43.9. The third-order valence-electron chi connectivity index (χ3n) is 13.8. The quantitative estimate of drug-likeness (QED) is 0.0265. The first-order valence-corrected chi connectivity index (χ1v) is 30.6. The van der Waals surface area contributed by atoms with Gasteiger partial charge >= 0.3 is 11.9 Å². The molecule has 0 aliphatic rings. The number of amides is 4. The zero-order valence-corrected chi connectivity index (χ0v) is 49.9. The Morgan fingerprint density at radius 2 is 0.703 bits per heavy atom. The van der Waals surface area contributed by atoms with Crippen molar-refractivity contribution in [1.29, 1.82) is 0 Å². The molecular weight excluding hydrogens is 931 g/mol. The molecule has 74 heavy (non-hydrogen) atoms. The molecule has 13 heteroatoms. The molecule has 0 aliphatic heterocycles. The number of rotatable bonds is 50. The Balaban J connectivity index is 5.69. The van der Waals surface area contributed by atoms with Crippen molar-refractivity contribution >= 4 is 35.6 Å². The fourth-order valence-corrected chi connectivity index (χ4v) is 9.35. The molecule has 0 rings (SSSR count). The molecule has 4 amide bonds. The molecule has 0 aliphatic carbocycles. The van der Waals surface area contributed by atoms with Gasteiger partial charge in [-0.25, -0.2) is 4.79 Å². The molecule has 13 nitrogen and oxygen atoms in total. The second-order valence-electron chi connectivity index (χ2n) is 24.1. The Bertz CT molecular complexity index is 1450. The van der Waals surface area contributed by atoms with Crippen molar-refractivity contribution in [2.45, 2.75) is 298 Å². The van der Waals surface area contributed by atoms with E-state index in [-0.39, 0.29) is 49.5 Å². The maximum atomic E-state index is 14.2. The number of nitrogens with one attached hydrogen (secondary N) is 4. The Morgan fingerprint density at radius 1 is 0.378 bits per heavy atom. The van der Waals surface area contributed by atoms with Crippen molar-refractivity contribution < 1.29 is 42.7 Å². The minimum absolute atomic E-state index is 0.00557. The molecule has 0 aromatic rings. The van der Waals surface area contributed by atoms with E-state index in [2.05, 4.69) is 56.3 Å². The summed E-state index contributed by atoms with van der Waals surface area (Å²) in [4.78, 5) is 82.1. The lowest BCUT2D eigenvalue weighted by Gasteiger charge is -2.28. The fourth-order valence-electron chi connectivity index (χ4n) is 9.35. The number of hydrogen-bond donors (Lipinski definition) is 4. The van der Waals surface area contributed by atoms with Gasteiger partial charge in [-0.15, -0.1) is 0 Å². The molecule has 4 N–H and O–H groups in total. The van der Waals surface area contributed by atoms with Crippen LogP contribution < -0.4 is 21.3 Å². The summed E-state index contributed by atoms with van der Waals surface area (Å²) in [5, 5.41) is 11.6. The van der Waals surface area contributed by atoms with Gasteiger partial charge in [-0.1, -0.05) is 203 Å². The van der Waals surface area contributed by atoms with Gasteiger partial charge in [0.1, 0.15) is 24.2 Å². The molecule has 0 radical (unpaired) electrons. The summed E-state index contributed by atoms with van der Waals surface area (Å²) < 4.78 is 12.3. The van der Waals surface area contributed by atoms with Crippen LogP contribution in [0.1, 0.15) is 274 Å². The van der Waals surface area contributed by atoms with E-state index in [9.17, 15) is 28.8 Å². The monoisotopic (exact) mass is 1050 g/mol. The number of ether oxygens (including phenoxy) is 2. The van der Waals surface area contributed by atoms with Crippen molar-refractivity contribution in [2.24, 2.45) is 17.8 Å². The van der Waals surface area contributed by atoms with E-state index in [0.29, 0.717) is 32.3 Å². The van der Waals surface area contributed by atoms with Crippen LogP contribution >= 0.6 is 0 Å². The smallest absolute Gasteiger partial charge is 0.328 e. The minimum atomic E-state index is -1.12. The molecule has 0 aromatic carbocycles. The van der Waals surface area contributed by atoms with Gasteiger partial charge in [0.2, 0.25) is 23.6 Å². The van der Waals surface area contributed by atoms with Crippen LogP contribution in [-0.4, -0.2) is 105 Å². The summed E-state index contributed by atoms with van der Waals surface area (Å²) in [6, 6.07) is -3.95. The molecule has 0 heterocycles. The predicted octanol–water partition coefficient (Wildman–Crippen LogP) is 13.0. The summed E-state index contributed by atoms with van der Waals surface area (Å²) in [5.41, 5.74) is 0. The number of unbranched alkanes of at least 4 members (excludes halogenated alkanes) is 25. The largest absolute Gasteiger partial charge is 0.466 e. The molecule has 4 atom stereocenters. The summed E-state index contributed by atoms with van der Waals surface area (Å²) in [7, 11) is 6.69. The zero-order valence-electron chi connectivity index (χ0n) is 49.9. The molecule has 0 saturated carbocycles. The fraction of sp³-hybridized carbons (Fsp3) is 0.902. The van der Waals surface area contributed by atoms with Gasteiger partial charge in [0.05, 0.1) is 40.9 Å². The highest BCUT2D eigenvalue weighted by atomic mass is 16.5. The van der Waals surface area contributed by atoms with E-state index in [1.807, 2.05) is 41.5 Å². The molecule has 434 valence electrons. The van der Waals surface area contributed by atoms with Crippen molar-refractivity contribution in [3.05, 3.63) is 0 Å². The van der Waals surface area contributed by atoms with Gasteiger partial charge in [-0.05, 0) is 75.5 Å². The van der Waals surface area contributed by atoms with Gasteiger partial charge in [0.25, 0.3) is 0 Å². The maximum absolute atomic E-state index is 14.2. The van der Waals surface area contributed by atoms with E-state index in [1.54, 1.807) is 0 Å². The molecule has 0 spiro atoms. The molecule has 0 bridgehead atoms. The lowest BCUT2D eigenvalue weighted by atomic mass is 9.98. The van der Waals surface area contributed by atoms with Crippen molar-refractivity contribution in [3.8, 4) is 0 Å². The number of hydrogen-bond acceptors (Lipinski definition) is 8. The van der Waals surface area contributed by atoms with Crippen molar-refractivity contribution in [2.75, 3.05) is 40.9 Å². The number of quaternary nitrogens is 1. The van der Waals surface area contributed by atoms with Gasteiger partial charge in [0.15, 0.2) is 0 Å². The maximum Gasteiger partial charge on any atom is 0.328 e. The normalized spacial score (nSPS) is 13.4. The third kappa shape index (κ3) is 42.9. The predicted molar refractivity (Wildman–Crippen MR) is 305 cm³/mol. The van der Waals surface area contributed by atoms with Crippen LogP contribution in [0.2, 0.25) is 0 Å². The first-order chi connectivity index (χ1) is 35.3. The van der Waals surface area contributed by atoms with Gasteiger partial charge < -0.3 is 35.2 Å². The zero-order chi connectivity index (χ0) is 55.4. The van der Waals surface area contributed by atoms with Crippen LogP contribution in [0.3, 0.4) is 0 Å². The molecule has 0 saturated heterocycles. The third-order valence-corrected chi connectivity index (χ3v) is 13.8. The van der Waals surface area contributed by atoms with Crippen LogP contribution in [-0.2, 0) is 38.2 Å². The molecular formula is C61H118N5O8+. The van der Waals surface area contributed by atoms with Crippen LogP contribution in [0.4, 0.5) is 0 Å². The average Bonchev–Trinajstić information content (AvgIpc) is 3.32. The second-order valence-corrected chi connectivity index (χ2v) is 24.1. The number of esters is 2. The van der Waals surface area contributed by atoms with E-state index >= 15 is 0 Å². The summed E-state index contributed by atoms with van der Waals surface area (Å²) in [6.07, 6.45) is 33.3. The first-order valence-electron chi connectivity index (χ1n) is 30.6. The highest BCUT2D eigenvalue weighted by Crippen LogP contribution is 2.16. The summed E-state index contributed by atoms with van der Waals surface area (Å²) in [5.74, 6) is -2.65. The first kappa shape index (κ1) is 70.8. The average molecular weight is 1050 g/mol. The topological polar surface area (TPSA) is 169 Å². The van der Waals surface area contributed by atoms with E-state index in [4.69, 9.17) is 9.47 Å². The molecule has 0 fully saturated rings. The lowest BCUT2D eigenvalue weighted by Crippen LogP contribution is -2.58. The van der Waals surface area contributed by atoms with Gasteiger partial charge in [0, 0.05) is 12.8 Å². The molecule has 0 aromatic heterocycles. The van der Waals surface area contributed by atoms with Crippen molar-refractivity contribution in [3.63, 3.8) is 0 Å². The highest BCUT2D eigenvalue weighted by Gasteiger charge is 2.33. The van der Waals surface area contributed by atoms with Gasteiger partial charge in [-0.2, -0.15) is 0 Å². The Labute approximate surface area is 454 Å². The highest BCUT2D eigenvalue weighted by molar-refractivity contribution is 5.95. The summed E-state index contributed by atoms with van der Waals surface area (Å²) in [6.45, 7) is 18.0. The minimum Gasteiger partial charge on any atom is -0.466 e. The van der Waals surface area contributed by atoms with Crippen LogP contribution in [0.15, 0.2) is 0 Å². The number of carbonyl (C=O) groups excluding carboxylic acids is 6. The molecule has 0 unspecified atom stereocenters. The summed E-state index contributed by atoms with van der Waals surface area (Å²) >= 11 is 0. The number of carbonyl (C=O) groups is 6. The van der Waals surface area contributed by atoms with E-state index in [0.717, 1.165) is 68.7 Å². The van der Waals surface area contributed by atoms with E-state index < -0.39 is 53.8 Å². The lowest BCUT2D eigenvalue weighted by molar-refractivity contribution is -0.870. The standard InChI is InChI=1S/C61H117N5O8/c1-12-14-16-18-20-22-26-30-34-38-44-73-57(68)42-41-52(61(72)74-45-39-35-31-27-23-21-19-17-15-13-2)63-59(70)54(47-50(5)6)65-60(71)55(48-51(7)8)64-58(69)53(46-49(3)4)62-56(67)40-36-32-28-24-25-29-33-37-43-66(9,10)11/h49-55H,12-48H2,1-11H3,(H3-,62,63,64,65,67,69,70,71)/p+1/t52-,53-,54-,55-/m0/s1. The second kappa shape index (κ2) is 45.9. The SMILES string of the molecule is CCCCCCCCCCCCOC(=O)CC[C@H](NC(=O)[C@H](CC(C)C)NC(=O)[C@H](CC(C)C)NC(=O)[C@H](CC(C)C)NC(=O)CCCCCCCCCC[N+](C)(C)C)C(=O)OCCCCCCCCCCCC. The van der Waals surface area contributed by atoms with Crippen LogP contribution in [0.5, 0.6) is 0 Å².